The number of carbonyl (C=O) groups excluding carboxylic acids is 1. The van der Waals surface area contributed by atoms with Gasteiger partial charge in [0.2, 0.25) is 0 Å². The summed E-state index contributed by atoms with van der Waals surface area (Å²) in [7, 11) is 0. The fourth-order valence-electron chi connectivity index (χ4n) is 3.43. The molecule has 7 heteroatoms. The van der Waals surface area contributed by atoms with Crippen LogP contribution in [0.2, 0.25) is 5.02 Å². The highest BCUT2D eigenvalue weighted by molar-refractivity contribution is 7.15. The minimum Gasteiger partial charge on any atom is -0.445 e. The summed E-state index contributed by atoms with van der Waals surface area (Å²) in [4.78, 5) is 19.6. The van der Waals surface area contributed by atoms with Crippen molar-refractivity contribution in [1.82, 2.24) is 15.2 Å². The van der Waals surface area contributed by atoms with Crippen LogP contribution in [0.25, 0.3) is 0 Å². The topological polar surface area (TPSA) is 54.5 Å². The lowest BCUT2D eigenvalue weighted by molar-refractivity contribution is 0.0622. The number of thiophene rings is 1. The average Bonchev–Trinajstić information content (AvgIpc) is 3.05. The molecule has 5 nitrogen and oxygen atoms in total. The van der Waals surface area contributed by atoms with Crippen LogP contribution in [0, 0.1) is 5.92 Å². The van der Waals surface area contributed by atoms with Crippen molar-refractivity contribution in [3.63, 3.8) is 0 Å². The lowest BCUT2D eigenvalue weighted by Gasteiger charge is -2.44. The number of pyridine rings is 1. The van der Waals surface area contributed by atoms with Gasteiger partial charge in [0.05, 0.1) is 16.1 Å². The summed E-state index contributed by atoms with van der Waals surface area (Å²) in [6.45, 7) is 3.31. The molecule has 0 aromatic carbocycles. The number of nitrogens with zero attached hydrogens (tertiary/aromatic N) is 2. The van der Waals surface area contributed by atoms with Crippen molar-refractivity contribution in [2.24, 2.45) is 5.92 Å². The summed E-state index contributed by atoms with van der Waals surface area (Å²) in [5.41, 5.74) is 0. The molecule has 1 atom stereocenters. The lowest BCUT2D eigenvalue weighted by atomic mass is 9.84. The Bertz CT molecular complexity index is 743. The molecule has 0 radical (unpaired) electrons. The first-order valence-electron chi connectivity index (χ1n) is 8.09. The Hall–Kier alpha value is -1.63. The van der Waals surface area contributed by atoms with E-state index in [9.17, 15) is 4.79 Å². The minimum atomic E-state index is -0.0159. The zero-order valence-corrected chi connectivity index (χ0v) is 14.6. The molecule has 2 aromatic heterocycles. The van der Waals surface area contributed by atoms with Gasteiger partial charge >= 0.3 is 0 Å². The van der Waals surface area contributed by atoms with Crippen molar-refractivity contribution in [2.45, 2.75) is 18.9 Å². The fraction of sp³-hybridized carbons (Fsp3) is 0.412. The fourth-order valence-corrected chi connectivity index (χ4v) is 4.37. The van der Waals surface area contributed by atoms with Gasteiger partial charge in [0, 0.05) is 24.8 Å². The number of hydrogen-bond donors (Lipinski definition) is 1. The molecule has 1 amide bonds. The Morgan fingerprint density at radius 3 is 2.88 bits per heavy atom. The summed E-state index contributed by atoms with van der Waals surface area (Å²) in [5.74, 6) is 1.17. The van der Waals surface area contributed by atoms with E-state index in [4.69, 9.17) is 16.3 Å². The number of piperidine rings is 3. The maximum Gasteiger partial charge on any atom is 0.261 e. The highest BCUT2D eigenvalue weighted by Gasteiger charge is 2.35. The van der Waals surface area contributed by atoms with Crippen LogP contribution >= 0.6 is 22.9 Å². The molecule has 2 bridgehead atoms. The highest BCUT2D eigenvalue weighted by atomic mass is 35.5. The van der Waals surface area contributed by atoms with Gasteiger partial charge < -0.3 is 15.0 Å². The number of halogens is 1. The average molecular weight is 364 g/mol. The second-order valence-corrected chi connectivity index (χ2v) is 7.76. The first kappa shape index (κ1) is 15.9. The molecule has 0 spiro atoms. The van der Waals surface area contributed by atoms with E-state index in [0.29, 0.717) is 26.6 Å². The Labute approximate surface area is 149 Å². The minimum absolute atomic E-state index is 0.0159. The van der Waals surface area contributed by atoms with Crippen molar-refractivity contribution in [3.8, 4) is 10.8 Å². The number of fused-ring (bicyclic) bond motifs is 3. The molecule has 126 valence electrons. The van der Waals surface area contributed by atoms with Crippen LogP contribution in [-0.4, -0.2) is 41.5 Å². The Kier molecular flexibility index (Phi) is 4.43. The lowest BCUT2D eigenvalue weighted by Crippen LogP contribution is -2.57. The molecule has 3 aliphatic heterocycles. The van der Waals surface area contributed by atoms with Crippen LogP contribution in [0.5, 0.6) is 10.8 Å². The molecule has 3 saturated heterocycles. The molecule has 24 heavy (non-hydrogen) atoms. The zero-order chi connectivity index (χ0) is 16.5. The summed E-state index contributed by atoms with van der Waals surface area (Å²) < 4.78 is 5.71. The first-order valence-corrected chi connectivity index (χ1v) is 9.28. The molecule has 0 saturated carbocycles. The summed E-state index contributed by atoms with van der Waals surface area (Å²) in [6, 6.07) is 5.57. The van der Waals surface area contributed by atoms with E-state index in [-0.39, 0.29) is 11.9 Å². The van der Waals surface area contributed by atoms with Gasteiger partial charge in [-0.1, -0.05) is 22.9 Å². The molecule has 0 unspecified atom stereocenters. The number of ether oxygens (including phenoxy) is 1. The number of aromatic nitrogens is 1. The smallest absolute Gasteiger partial charge is 0.261 e. The zero-order valence-electron chi connectivity index (χ0n) is 13.1. The summed E-state index contributed by atoms with van der Waals surface area (Å²) in [6.07, 6.45) is 5.52. The Morgan fingerprint density at radius 2 is 2.17 bits per heavy atom. The molecule has 5 heterocycles. The normalized spacial score (nSPS) is 25.5. The molecule has 3 aliphatic rings. The second kappa shape index (κ2) is 6.70. The second-order valence-electron chi connectivity index (χ2n) is 6.28. The van der Waals surface area contributed by atoms with Gasteiger partial charge in [-0.3, -0.25) is 9.78 Å². The number of amides is 1. The molecule has 1 N–H and O–H groups in total. The van der Waals surface area contributed by atoms with Gasteiger partial charge in [-0.05, 0) is 44.0 Å². The first-order chi connectivity index (χ1) is 11.7. The van der Waals surface area contributed by atoms with Gasteiger partial charge in [-0.2, -0.15) is 0 Å². The Morgan fingerprint density at radius 1 is 1.33 bits per heavy atom. The van der Waals surface area contributed by atoms with Gasteiger partial charge in [0.1, 0.15) is 5.75 Å². The highest BCUT2D eigenvalue weighted by Crippen LogP contribution is 2.31. The number of carbonyl (C=O) groups is 1. The monoisotopic (exact) mass is 363 g/mol. The van der Waals surface area contributed by atoms with Gasteiger partial charge in [-0.15, -0.1) is 0 Å². The molecular weight excluding hydrogens is 346 g/mol. The van der Waals surface area contributed by atoms with E-state index in [1.54, 1.807) is 30.6 Å². The molecule has 0 aliphatic carbocycles. The largest absolute Gasteiger partial charge is 0.445 e. The van der Waals surface area contributed by atoms with Crippen LogP contribution in [0.4, 0.5) is 0 Å². The van der Waals surface area contributed by atoms with Crippen LogP contribution in [0.15, 0.2) is 30.6 Å². The van der Waals surface area contributed by atoms with Gasteiger partial charge in [0.15, 0.2) is 5.06 Å². The van der Waals surface area contributed by atoms with E-state index in [1.807, 2.05) is 0 Å². The van der Waals surface area contributed by atoms with E-state index in [1.165, 1.54) is 37.3 Å². The molecule has 5 rings (SSSR count). The van der Waals surface area contributed by atoms with Crippen molar-refractivity contribution >= 4 is 28.8 Å². The van der Waals surface area contributed by atoms with Crippen molar-refractivity contribution in [2.75, 3.05) is 19.6 Å². The van der Waals surface area contributed by atoms with E-state index < -0.39 is 0 Å². The van der Waals surface area contributed by atoms with Crippen LogP contribution in [0.3, 0.4) is 0 Å². The maximum absolute atomic E-state index is 12.5. The number of rotatable bonds is 4. The SMILES string of the molecule is O=C(N[C@H]1CN2CCC1CC2)c1ccc(Oc2cncc(Cl)c2)s1. The predicted octanol–water partition coefficient (Wildman–Crippen LogP) is 3.41. The molecule has 2 aromatic rings. The standard InChI is InChI=1S/C17H18ClN3O2S/c18-12-7-13(9-19-8-12)23-16-2-1-15(24-16)17(22)20-14-10-21-5-3-11(14)4-6-21/h1-2,7-9,11,14H,3-6,10H2,(H,20,22)/t14-/m0/s1. The molecule has 3 fully saturated rings. The van der Waals surface area contributed by atoms with Gasteiger partial charge in [0.25, 0.3) is 5.91 Å². The third-order valence-corrected chi connectivity index (χ3v) is 5.84. The van der Waals surface area contributed by atoms with Crippen molar-refractivity contribution in [1.29, 1.82) is 0 Å². The molecular formula is C17H18ClN3O2S. The van der Waals surface area contributed by atoms with Gasteiger partial charge in [-0.25, -0.2) is 0 Å². The third kappa shape index (κ3) is 3.41. The van der Waals surface area contributed by atoms with E-state index >= 15 is 0 Å². The third-order valence-electron chi connectivity index (χ3n) is 4.68. The predicted molar refractivity (Wildman–Crippen MR) is 94.1 cm³/mol. The summed E-state index contributed by atoms with van der Waals surface area (Å²) >= 11 is 7.23. The van der Waals surface area contributed by atoms with E-state index in [0.717, 1.165) is 6.54 Å². The number of hydrogen-bond acceptors (Lipinski definition) is 5. The van der Waals surface area contributed by atoms with Crippen molar-refractivity contribution in [3.05, 3.63) is 40.5 Å². The Balaban J connectivity index is 1.40. The van der Waals surface area contributed by atoms with Crippen LogP contribution in [-0.2, 0) is 0 Å². The quantitative estimate of drug-likeness (QED) is 0.904. The van der Waals surface area contributed by atoms with E-state index in [2.05, 4.69) is 15.2 Å². The maximum atomic E-state index is 12.5. The van der Waals surface area contributed by atoms with Crippen LogP contribution < -0.4 is 10.1 Å². The number of nitrogens with one attached hydrogen (secondary N) is 1. The van der Waals surface area contributed by atoms with Crippen molar-refractivity contribution < 1.29 is 9.53 Å². The summed E-state index contributed by atoms with van der Waals surface area (Å²) in [5, 5.41) is 4.36. The van der Waals surface area contributed by atoms with Crippen LogP contribution in [0.1, 0.15) is 22.5 Å².